The molecule has 6 nitrogen and oxygen atoms in total. The molecule has 1 aliphatic rings. The van der Waals surface area contributed by atoms with E-state index < -0.39 is 0 Å². The molecule has 1 fully saturated rings. The number of amides is 1. The van der Waals surface area contributed by atoms with Crippen LogP contribution in [-0.4, -0.2) is 57.9 Å². The van der Waals surface area contributed by atoms with E-state index in [4.69, 9.17) is 14.2 Å². The van der Waals surface area contributed by atoms with Crippen molar-refractivity contribution in [3.63, 3.8) is 0 Å². The quantitative estimate of drug-likeness (QED) is 0.658. The highest BCUT2D eigenvalue weighted by Crippen LogP contribution is 2.27. The van der Waals surface area contributed by atoms with Gasteiger partial charge in [0.2, 0.25) is 0 Å². The fourth-order valence-corrected chi connectivity index (χ4v) is 3.46. The highest BCUT2D eigenvalue weighted by atomic mass is 16.5. The Kier molecular flexibility index (Phi) is 7.90. The Hall–Kier alpha value is -2.57. The summed E-state index contributed by atoms with van der Waals surface area (Å²) in [4.78, 5) is 14.9. The third-order valence-corrected chi connectivity index (χ3v) is 5.07. The lowest BCUT2D eigenvalue weighted by molar-refractivity contribution is 0.0342. The van der Waals surface area contributed by atoms with Crippen LogP contribution in [-0.2, 0) is 17.7 Å². The predicted molar refractivity (Wildman–Crippen MR) is 113 cm³/mol. The summed E-state index contributed by atoms with van der Waals surface area (Å²) in [6, 6.07) is 13.8. The fourth-order valence-electron chi connectivity index (χ4n) is 3.46. The van der Waals surface area contributed by atoms with Gasteiger partial charge in [0, 0.05) is 31.7 Å². The van der Waals surface area contributed by atoms with E-state index in [1.54, 1.807) is 14.2 Å². The van der Waals surface area contributed by atoms with Crippen molar-refractivity contribution in [2.45, 2.75) is 19.4 Å². The first-order valence-electron chi connectivity index (χ1n) is 10.1. The highest BCUT2D eigenvalue weighted by molar-refractivity contribution is 5.94. The maximum absolute atomic E-state index is 12.5. The minimum Gasteiger partial charge on any atom is -0.493 e. The lowest BCUT2D eigenvalue weighted by atomic mass is 10.1. The first kappa shape index (κ1) is 21.1. The first-order valence-corrected chi connectivity index (χ1v) is 10.1. The molecule has 1 aliphatic heterocycles. The van der Waals surface area contributed by atoms with Gasteiger partial charge in [0.05, 0.1) is 27.4 Å². The van der Waals surface area contributed by atoms with Crippen molar-refractivity contribution in [3.05, 3.63) is 59.2 Å². The summed E-state index contributed by atoms with van der Waals surface area (Å²) in [6.07, 6.45) is 1.71. The predicted octanol–water partition coefficient (Wildman–Crippen LogP) is 2.90. The van der Waals surface area contributed by atoms with Crippen LogP contribution in [0.5, 0.6) is 11.5 Å². The number of morpholine rings is 1. The second-order valence-electron chi connectivity index (χ2n) is 7.14. The van der Waals surface area contributed by atoms with Gasteiger partial charge in [-0.1, -0.05) is 18.2 Å². The summed E-state index contributed by atoms with van der Waals surface area (Å²) in [5, 5.41) is 3.02. The first-order chi connectivity index (χ1) is 14.2. The van der Waals surface area contributed by atoms with E-state index in [9.17, 15) is 4.79 Å². The third kappa shape index (κ3) is 6.21. The number of nitrogens with zero attached hydrogens (tertiary/aromatic N) is 1. The molecule has 1 amide bonds. The molecule has 29 heavy (non-hydrogen) atoms. The third-order valence-electron chi connectivity index (χ3n) is 5.07. The van der Waals surface area contributed by atoms with Crippen molar-refractivity contribution in [3.8, 4) is 11.5 Å². The summed E-state index contributed by atoms with van der Waals surface area (Å²) >= 11 is 0. The van der Waals surface area contributed by atoms with Gasteiger partial charge in [0.25, 0.3) is 5.91 Å². The molecule has 1 heterocycles. The van der Waals surface area contributed by atoms with Gasteiger partial charge in [-0.2, -0.15) is 0 Å². The Morgan fingerprint density at radius 1 is 1.03 bits per heavy atom. The van der Waals surface area contributed by atoms with E-state index in [0.29, 0.717) is 12.1 Å². The molecule has 0 spiro atoms. The van der Waals surface area contributed by atoms with Gasteiger partial charge < -0.3 is 19.5 Å². The normalized spacial score (nSPS) is 14.4. The smallest absolute Gasteiger partial charge is 0.251 e. The number of carbonyl (C=O) groups is 1. The molecule has 0 aliphatic carbocycles. The van der Waals surface area contributed by atoms with Gasteiger partial charge >= 0.3 is 0 Å². The van der Waals surface area contributed by atoms with Crippen molar-refractivity contribution in [1.29, 1.82) is 0 Å². The fraction of sp³-hybridized carbons (Fsp3) is 0.435. The standard InChI is InChI=1S/C23H30N2O4/c1-27-21-9-8-18(16-22(21)28-2)6-4-10-24-23(26)20-7-3-5-19(15-20)17-25-11-13-29-14-12-25/h3,5,7-9,15-16H,4,6,10-14,17H2,1-2H3,(H,24,26). The van der Waals surface area contributed by atoms with E-state index in [-0.39, 0.29) is 5.91 Å². The summed E-state index contributed by atoms with van der Waals surface area (Å²) in [6.45, 7) is 4.91. The summed E-state index contributed by atoms with van der Waals surface area (Å²) in [5.74, 6) is 1.42. The molecule has 3 rings (SSSR count). The summed E-state index contributed by atoms with van der Waals surface area (Å²) in [7, 11) is 3.26. The van der Waals surface area contributed by atoms with E-state index in [1.165, 1.54) is 0 Å². The van der Waals surface area contributed by atoms with Crippen LogP contribution in [0.25, 0.3) is 0 Å². The molecular formula is C23H30N2O4. The molecule has 2 aromatic rings. The Labute approximate surface area is 172 Å². The van der Waals surface area contributed by atoms with Crippen molar-refractivity contribution >= 4 is 5.91 Å². The number of benzene rings is 2. The monoisotopic (exact) mass is 398 g/mol. The Morgan fingerprint density at radius 3 is 2.59 bits per heavy atom. The van der Waals surface area contributed by atoms with Gasteiger partial charge in [-0.05, 0) is 48.2 Å². The van der Waals surface area contributed by atoms with Gasteiger partial charge in [0.1, 0.15) is 0 Å². The van der Waals surface area contributed by atoms with Crippen LogP contribution in [0.2, 0.25) is 0 Å². The van der Waals surface area contributed by atoms with Crippen LogP contribution in [0.4, 0.5) is 0 Å². The van der Waals surface area contributed by atoms with E-state index in [0.717, 1.165) is 68.3 Å². The van der Waals surface area contributed by atoms with E-state index in [2.05, 4.69) is 16.3 Å². The van der Waals surface area contributed by atoms with E-state index >= 15 is 0 Å². The van der Waals surface area contributed by atoms with Crippen molar-refractivity contribution in [2.24, 2.45) is 0 Å². The van der Waals surface area contributed by atoms with Crippen molar-refractivity contribution in [1.82, 2.24) is 10.2 Å². The molecule has 0 aromatic heterocycles. The lowest BCUT2D eigenvalue weighted by Gasteiger charge is -2.26. The molecule has 6 heteroatoms. The van der Waals surface area contributed by atoms with Crippen molar-refractivity contribution < 1.29 is 19.0 Å². The number of ether oxygens (including phenoxy) is 3. The maximum atomic E-state index is 12.5. The second-order valence-corrected chi connectivity index (χ2v) is 7.14. The van der Waals surface area contributed by atoms with Crippen LogP contribution in [0.15, 0.2) is 42.5 Å². The number of hydrogen-bond donors (Lipinski definition) is 1. The largest absolute Gasteiger partial charge is 0.493 e. The SMILES string of the molecule is COc1ccc(CCCNC(=O)c2cccc(CN3CCOCC3)c2)cc1OC. The van der Waals surface area contributed by atoms with Crippen molar-refractivity contribution in [2.75, 3.05) is 47.1 Å². The van der Waals surface area contributed by atoms with Crippen LogP contribution >= 0.6 is 0 Å². The lowest BCUT2D eigenvalue weighted by Crippen LogP contribution is -2.35. The number of nitrogens with one attached hydrogen (secondary N) is 1. The molecule has 0 bridgehead atoms. The summed E-state index contributed by atoms with van der Waals surface area (Å²) < 4.78 is 16.0. The molecular weight excluding hydrogens is 368 g/mol. The zero-order chi connectivity index (χ0) is 20.5. The average molecular weight is 399 g/mol. The van der Waals surface area contributed by atoms with Crippen LogP contribution in [0.1, 0.15) is 27.9 Å². The van der Waals surface area contributed by atoms with Gasteiger partial charge in [0.15, 0.2) is 11.5 Å². The minimum atomic E-state index is -0.0267. The second kappa shape index (κ2) is 10.8. The van der Waals surface area contributed by atoms with Gasteiger partial charge in [-0.25, -0.2) is 0 Å². The molecule has 1 N–H and O–H groups in total. The van der Waals surface area contributed by atoms with Crippen LogP contribution in [0.3, 0.4) is 0 Å². The topological polar surface area (TPSA) is 60.0 Å². The molecule has 0 radical (unpaired) electrons. The average Bonchev–Trinajstić information content (AvgIpc) is 2.77. The number of carbonyl (C=O) groups excluding carboxylic acids is 1. The Balaban J connectivity index is 1.46. The molecule has 0 unspecified atom stereocenters. The maximum Gasteiger partial charge on any atom is 0.251 e. The highest BCUT2D eigenvalue weighted by Gasteiger charge is 2.12. The molecule has 0 saturated carbocycles. The van der Waals surface area contributed by atoms with Gasteiger partial charge in [-0.3, -0.25) is 9.69 Å². The van der Waals surface area contributed by atoms with Crippen LogP contribution < -0.4 is 14.8 Å². The Morgan fingerprint density at radius 2 is 1.83 bits per heavy atom. The number of rotatable bonds is 9. The molecule has 2 aromatic carbocycles. The summed E-state index contributed by atoms with van der Waals surface area (Å²) in [5.41, 5.74) is 3.02. The Bertz CT molecular complexity index is 803. The minimum absolute atomic E-state index is 0.0267. The zero-order valence-electron chi connectivity index (χ0n) is 17.3. The molecule has 156 valence electrons. The molecule has 0 atom stereocenters. The van der Waals surface area contributed by atoms with Crippen LogP contribution in [0, 0.1) is 0 Å². The van der Waals surface area contributed by atoms with Gasteiger partial charge in [-0.15, -0.1) is 0 Å². The zero-order valence-corrected chi connectivity index (χ0v) is 17.3. The number of aryl methyl sites for hydroxylation is 1. The number of hydrogen-bond acceptors (Lipinski definition) is 5. The molecule has 1 saturated heterocycles. The van der Waals surface area contributed by atoms with E-state index in [1.807, 2.05) is 36.4 Å². The number of methoxy groups -OCH3 is 2.